The lowest BCUT2D eigenvalue weighted by molar-refractivity contribution is -0.0589. The van der Waals surface area contributed by atoms with E-state index >= 15 is 0 Å². The lowest BCUT2D eigenvalue weighted by atomic mass is 10.1. The molecule has 2 aromatic carbocycles. The summed E-state index contributed by atoms with van der Waals surface area (Å²) in [6, 6.07) is 9.15. The molecule has 1 aliphatic rings. The molecule has 29 heavy (non-hydrogen) atoms. The molecule has 10 heteroatoms. The molecule has 0 saturated heterocycles. The summed E-state index contributed by atoms with van der Waals surface area (Å²) in [6.45, 7) is 1.38. The van der Waals surface area contributed by atoms with Gasteiger partial charge >= 0.3 is 5.97 Å². The summed E-state index contributed by atoms with van der Waals surface area (Å²) in [7, 11) is 0. The van der Waals surface area contributed by atoms with Gasteiger partial charge in [-0.15, -0.1) is 5.10 Å². The van der Waals surface area contributed by atoms with Crippen molar-refractivity contribution in [3.63, 3.8) is 0 Å². The van der Waals surface area contributed by atoms with E-state index in [-0.39, 0.29) is 34.6 Å². The summed E-state index contributed by atoms with van der Waals surface area (Å²) >= 11 is 0. The molecule has 8 nitrogen and oxygen atoms in total. The molecule has 1 aromatic heterocycles. The third-order valence-corrected chi connectivity index (χ3v) is 4.44. The Morgan fingerprint density at radius 1 is 1.07 bits per heavy atom. The van der Waals surface area contributed by atoms with E-state index in [1.165, 1.54) is 29.8 Å². The van der Waals surface area contributed by atoms with Crippen LogP contribution in [0.25, 0.3) is 0 Å². The fourth-order valence-corrected chi connectivity index (χ4v) is 2.89. The number of imide groups is 1. The van der Waals surface area contributed by atoms with Crippen LogP contribution in [0.15, 0.2) is 42.5 Å². The van der Waals surface area contributed by atoms with Gasteiger partial charge in [0, 0.05) is 11.6 Å². The van der Waals surface area contributed by atoms with E-state index in [9.17, 15) is 23.2 Å². The van der Waals surface area contributed by atoms with Gasteiger partial charge in [-0.3, -0.25) is 9.59 Å². The summed E-state index contributed by atoms with van der Waals surface area (Å²) in [6.07, 6.45) is 0. The average Bonchev–Trinajstić information content (AvgIpc) is 3.17. The predicted octanol–water partition coefficient (Wildman–Crippen LogP) is 2.28. The van der Waals surface area contributed by atoms with Crippen LogP contribution < -0.4 is 0 Å². The number of hydrogen-bond acceptors (Lipinski definition) is 6. The molecule has 0 radical (unpaired) electrons. The van der Waals surface area contributed by atoms with Crippen LogP contribution in [0, 0.1) is 18.6 Å². The van der Waals surface area contributed by atoms with Crippen molar-refractivity contribution in [1.29, 1.82) is 0 Å². The Morgan fingerprint density at radius 3 is 2.34 bits per heavy atom. The maximum atomic E-state index is 13.8. The maximum absolute atomic E-state index is 13.8. The molecule has 146 valence electrons. The third-order valence-electron chi connectivity index (χ3n) is 4.44. The van der Waals surface area contributed by atoms with Gasteiger partial charge in [-0.1, -0.05) is 28.5 Å². The molecule has 0 fully saturated rings. The third kappa shape index (κ3) is 3.14. The lowest BCUT2D eigenvalue weighted by Crippen LogP contribution is -2.33. The first kappa shape index (κ1) is 18.4. The number of hydroxylamine groups is 2. The second kappa shape index (κ2) is 6.89. The minimum Gasteiger partial charge on any atom is -0.322 e. The Bertz CT molecular complexity index is 1140. The summed E-state index contributed by atoms with van der Waals surface area (Å²) in [5.41, 5.74) is 0.356. The molecule has 4 rings (SSSR count). The molecule has 2 amide bonds. The van der Waals surface area contributed by atoms with Crippen molar-refractivity contribution in [3.05, 3.63) is 82.2 Å². The molecule has 0 spiro atoms. The largest absolute Gasteiger partial charge is 0.385 e. The number of fused-ring (bicyclic) bond motifs is 1. The van der Waals surface area contributed by atoms with Gasteiger partial charge in [0.15, 0.2) is 5.69 Å². The monoisotopic (exact) mass is 398 g/mol. The zero-order valence-electron chi connectivity index (χ0n) is 14.9. The van der Waals surface area contributed by atoms with Gasteiger partial charge in [0.25, 0.3) is 11.8 Å². The fourth-order valence-electron chi connectivity index (χ4n) is 2.89. The summed E-state index contributed by atoms with van der Waals surface area (Å²) in [5, 5.41) is 7.82. The van der Waals surface area contributed by atoms with Crippen molar-refractivity contribution in [2.75, 3.05) is 0 Å². The number of nitrogens with zero attached hydrogens (tertiary/aromatic N) is 4. The second-order valence-electron chi connectivity index (χ2n) is 6.25. The quantitative estimate of drug-likeness (QED) is 0.626. The summed E-state index contributed by atoms with van der Waals surface area (Å²) in [5.74, 6) is -4.08. The van der Waals surface area contributed by atoms with E-state index in [0.29, 0.717) is 5.06 Å². The highest BCUT2D eigenvalue weighted by Gasteiger charge is 2.39. The Hall–Kier alpha value is -3.95. The van der Waals surface area contributed by atoms with E-state index in [0.717, 1.165) is 12.1 Å². The molecule has 3 aromatic rings. The van der Waals surface area contributed by atoms with E-state index in [2.05, 4.69) is 10.3 Å². The zero-order valence-corrected chi connectivity index (χ0v) is 14.9. The van der Waals surface area contributed by atoms with Crippen molar-refractivity contribution >= 4 is 17.8 Å². The van der Waals surface area contributed by atoms with Crippen LogP contribution in [0.4, 0.5) is 8.78 Å². The Kier molecular flexibility index (Phi) is 4.38. The fraction of sp³-hybridized carbons (Fsp3) is 0.105. The van der Waals surface area contributed by atoms with Crippen molar-refractivity contribution in [1.82, 2.24) is 20.1 Å². The number of amides is 2. The Morgan fingerprint density at radius 2 is 1.72 bits per heavy atom. The molecule has 0 saturated carbocycles. The Labute approximate surface area is 162 Å². The van der Waals surface area contributed by atoms with Gasteiger partial charge in [0.05, 0.1) is 23.4 Å². The molecule has 0 atom stereocenters. The van der Waals surface area contributed by atoms with Crippen LogP contribution in [0.2, 0.25) is 0 Å². The average molecular weight is 398 g/mol. The molecule has 0 aliphatic carbocycles. The minimum absolute atomic E-state index is 0.106. The molecular formula is C19H12F2N4O4. The van der Waals surface area contributed by atoms with E-state index < -0.39 is 29.4 Å². The highest BCUT2D eigenvalue weighted by atomic mass is 19.1. The van der Waals surface area contributed by atoms with Gasteiger partial charge in [-0.25, -0.2) is 18.3 Å². The molecule has 0 bridgehead atoms. The summed E-state index contributed by atoms with van der Waals surface area (Å²) in [4.78, 5) is 41.9. The van der Waals surface area contributed by atoms with Crippen LogP contribution in [0.5, 0.6) is 0 Å². The molecule has 1 aliphatic heterocycles. The number of carbonyl (C=O) groups excluding carboxylic acids is 3. The molecule has 2 heterocycles. The van der Waals surface area contributed by atoms with Gasteiger partial charge < -0.3 is 4.84 Å². The SMILES string of the molecule is Cc1c(C(=O)ON2C(=O)c3ccccc3C2=O)nnn1Cc1ccc(F)cc1F. The minimum atomic E-state index is -1.07. The number of halogens is 2. The van der Waals surface area contributed by atoms with Crippen LogP contribution in [-0.2, 0) is 11.4 Å². The molecule has 0 unspecified atom stereocenters. The number of rotatable bonds is 4. The molecular weight excluding hydrogens is 386 g/mol. The van der Waals surface area contributed by atoms with Crippen LogP contribution in [0.1, 0.15) is 42.5 Å². The van der Waals surface area contributed by atoms with Crippen LogP contribution in [-0.4, -0.2) is 37.8 Å². The van der Waals surface area contributed by atoms with Crippen molar-refractivity contribution < 1.29 is 28.0 Å². The highest BCUT2D eigenvalue weighted by Crippen LogP contribution is 2.23. The number of benzene rings is 2. The van der Waals surface area contributed by atoms with Gasteiger partial charge in [0.2, 0.25) is 0 Å². The van der Waals surface area contributed by atoms with E-state index in [1.54, 1.807) is 12.1 Å². The van der Waals surface area contributed by atoms with Crippen LogP contribution in [0.3, 0.4) is 0 Å². The first-order valence-electron chi connectivity index (χ1n) is 8.41. The number of hydrogen-bond donors (Lipinski definition) is 0. The normalized spacial score (nSPS) is 13.0. The standard InChI is InChI=1S/C19H12F2N4O4/c1-10-16(22-23-24(10)9-11-6-7-12(20)8-15(11)21)19(28)29-25-17(26)13-4-2-3-5-14(13)18(25)27/h2-8H,9H2,1H3. The smallest absolute Gasteiger partial charge is 0.322 e. The van der Waals surface area contributed by atoms with Gasteiger partial charge in [0.1, 0.15) is 11.6 Å². The Balaban J connectivity index is 1.53. The van der Waals surface area contributed by atoms with Crippen molar-refractivity contribution in [2.45, 2.75) is 13.5 Å². The first-order chi connectivity index (χ1) is 13.9. The van der Waals surface area contributed by atoms with Crippen molar-refractivity contribution in [3.8, 4) is 0 Å². The van der Waals surface area contributed by atoms with E-state index in [4.69, 9.17) is 4.84 Å². The lowest BCUT2D eigenvalue weighted by Gasteiger charge is -2.11. The van der Waals surface area contributed by atoms with E-state index in [1.807, 2.05) is 0 Å². The summed E-state index contributed by atoms with van der Waals surface area (Å²) < 4.78 is 28.1. The number of carbonyl (C=O) groups is 3. The van der Waals surface area contributed by atoms with Gasteiger partial charge in [-0.2, -0.15) is 0 Å². The first-order valence-corrected chi connectivity index (χ1v) is 8.41. The topological polar surface area (TPSA) is 94.4 Å². The second-order valence-corrected chi connectivity index (χ2v) is 6.25. The zero-order chi connectivity index (χ0) is 20.7. The van der Waals surface area contributed by atoms with Gasteiger partial charge in [-0.05, 0) is 25.1 Å². The maximum Gasteiger partial charge on any atom is 0.385 e. The molecule has 0 N–H and O–H groups in total. The highest BCUT2D eigenvalue weighted by molar-refractivity contribution is 6.21. The number of aromatic nitrogens is 3. The van der Waals surface area contributed by atoms with Crippen molar-refractivity contribution in [2.24, 2.45) is 0 Å². The predicted molar refractivity (Wildman–Crippen MR) is 92.6 cm³/mol. The van der Waals surface area contributed by atoms with Crippen LogP contribution >= 0.6 is 0 Å².